The normalized spacial score (nSPS) is 15.1. The third-order valence-corrected chi connectivity index (χ3v) is 3.38. The molecule has 104 valence electrons. The van der Waals surface area contributed by atoms with E-state index in [1.54, 1.807) is 11.6 Å². The quantitative estimate of drug-likeness (QED) is 0.487. The van der Waals surface area contributed by atoms with Crippen LogP contribution in [0.2, 0.25) is 0 Å². The lowest BCUT2D eigenvalue weighted by atomic mass is 9.97. The van der Waals surface area contributed by atoms with Gasteiger partial charge in [0.15, 0.2) is 0 Å². The van der Waals surface area contributed by atoms with Crippen molar-refractivity contribution in [1.82, 2.24) is 5.32 Å². The summed E-state index contributed by atoms with van der Waals surface area (Å²) >= 11 is 0. The van der Waals surface area contributed by atoms with Crippen LogP contribution in [0.25, 0.3) is 0 Å². The topological polar surface area (TPSA) is 51.5 Å². The summed E-state index contributed by atoms with van der Waals surface area (Å²) in [4.78, 5) is 11.3. The van der Waals surface area contributed by atoms with E-state index in [1.165, 1.54) is 39.1 Å². The molecular formula is C15H21NO3. The first kappa shape index (κ1) is 13.9. The van der Waals surface area contributed by atoms with Crippen LogP contribution >= 0.6 is 0 Å². The number of carbonyl (C=O) groups excluding carboxylic acids is 1. The van der Waals surface area contributed by atoms with Gasteiger partial charge in [0.1, 0.15) is 12.0 Å². The predicted molar refractivity (Wildman–Crippen MR) is 72.9 cm³/mol. The van der Waals surface area contributed by atoms with Crippen molar-refractivity contribution in [2.24, 2.45) is 0 Å². The number of carbonyl (C=O) groups is 1. The molecule has 4 nitrogen and oxygen atoms in total. The van der Waals surface area contributed by atoms with Crippen LogP contribution in [0.4, 0.5) is 0 Å². The van der Waals surface area contributed by atoms with Crippen molar-refractivity contribution in [3.05, 3.63) is 35.3 Å². The first-order chi connectivity index (χ1) is 9.29. The Morgan fingerprint density at radius 3 is 3.11 bits per heavy atom. The van der Waals surface area contributed by atoms with Gasteiger partial charge in [-0.25, -0.2) is 4.79 Å². The van der Waals surface area contributed by atoms with Crippen molar-refractivity contribution in [2.45, 2.75) is 38.6 Å². The van der Waals surface area contributed by atoms with Gasteiger partial charge in [0.05, 0.1) is 19.2 Å². The number of esters is 1. The fourth-order valence-corrected chi connectivity index (χ4v) is 2.29. The summed E-state index contributed by atoms with van der Waals surface area (Å²) in [6.45, 7) is 1.59. The Morgan fingerprint density at radius 2 is 2.37 bits per heavy atom. The number of hydrogen-bond acceptors (Lipinski definition) is 4. The summed E-state index contributed by atoms with van der Waals surface area (Å²) in [5.41, 5.74) is 2.03. The number of hydrogen-bond donors (Lipinski definition) is 1. The first-order valence-electron chi connectivity index (χ1n) is 6.84. The smallest absolute Gasteiger partial charge is 0.341 e. The number of ether oxygens (including phenoxy) is 1. The van der Waals surface area contributed by atoms with Crippen LogP contribution in [0.15, 0.2) is 28.4 Å². The Kier molecular flexibility index (Phi) is 5.21. The van der Waals surface area contributed by atoms with Crippen molar-refractivity contribution < 1.29 is 13.9 Å². The average Bonchev–Trinajstić information content (AvgIpc) is 2.93. The molecule has 1 aliphatic rings. The predicted octanol–water partition coefficient (Wildman–Crippen LogP) is 3.05. The van der Waals surface area contributed by atoms with E-state index >= 15 is 0 Å². The summed E-state index contributed by atoms with van der Waals surface area (Å²) in [6.07, 6.45) is 10.0. The number of furan rings is 1. The highest BCUT2D eigenvalue weighted by Crippen LogP contribution is 2.19. The molecule has 0 radical (unpaired) electrons. The van der Waals surface area contributed by atoms with E-state index in [9.17, 15) is 4.79 Å². The molecule has 2 rings (SSSR count). The van der Waals surface area contributed by atoms with E-state index in [1.807, 2.05) is 0 Å². The van der Waals surface area contributed by atoms with E-state index in [0.29, 0.717) is 12.1 Å². The molecule has 0 saturated carbocycles. The minimum atomic E-state index is -0.359. The van der Waals surface area contributed by atoms with Crippen LogP contribution in [0.1, 0.15) is 48.2 Å². The van der Waals surface area contributed by atoms with Crippen LogP contribution < -0.4 is 5.32 Å². The Labute approximate surface area is 113 Å². The minimum Gasteiger partial charge on any atom is -0.467 e. The van der Waals surface area contributed by atoms with E-state index < -0.39 is 0 Å². The van der Waals surface area contributed by atoms with Gasteiger partial charge in [0.25, 0.3) is 0 Å². The summed E-state index contributed by atoms with van der Waals surface area (Å²) in [5, 5.41) is 3.33. The number of nitrogens with one attached hydrogen (secondary N) is 1. The lowest BCUT2D eigenvalue weighted by Gasteiger charge is -2.12. The molecule has 1 N–H and O–H groups in total. The van der Waals surface area contributed by atoms with Crippen molar-refractivity contribution in [3.8, 4) is 0 Å². The zero-order valence-corrected chi connectivity index (χ0v) is 11.4. The zero-order chi connectivity index (χ0) is 13.5. The van der Waals surface area contributed by atoms with Crippen LogP contribution in [0.3, 0.4) is 0 Å². The van der Waals surface area contributed by atoms with Gasteiger partial charge in [-0.2, -0.15) is 0 Å². The highest BCUT2D eigenvalue weighted by atomic mass is 16.5. The van der Waals surface area contributed by atoms with Crippen molar-refractivity contribution in [1.29, 1.82) is 0 Å². The van der Waals surface area contributed by atoms with E-state index in [2.05, 4.69) is 16.1 Å². The monoisotopic (exact) mass is 263 g/mol. The van der Waals surface area contributed by atoms with Crippen LogP contribution in [-0.2, 0) is 11.3 Å². The van der Waals surface area contributed by atoms with Crippen LogP contribution in [-0.4, -0.2) is 19.6 Å². The molecule has 0 atom stereocenters. The molecular weight excluding hydrogens is 242 g/mol. The number of rotatable bonds is 6. The highest BCUT2D eigenvalue weighted by molar-refractivity contribution is 5.88. The zero-order valence-electron chi connectivity index (χ0n) is 11.4. The largest absolute Gasteiger partial charge is 0.467 e. The highest BCUT2D eigenvalue weighted by Gasteiger charge is 2.09. The molecule has 0 unspecified atom stereocenters. The number of allylic oxidation sites excluding steroid dienone is 1. The molecule has 0 bridgehead atoms. The van der Waals surface area contributed by atoms with E-state index in [4.69, 9.17) is 4.42 Å². The first-order valence-corrected chi connectivity index (χ1v) is 6.84. The summed E-state index contributed by atoms with van der Waals surface area (Å²) in [5.74, 6) is 0.403. The second-order valence-electron chi connectivity index (χ2n) is 4.83. The maximum Gasteiger partial charge on any atom is 0.341 e. The third-order valence-electron chi connectivity index (χ3n) is 3.38. The van der Waals surface area contributed by atoms with Crippen molar-refractivity contribution in [2.75, 3.05) is 13.7 Å². The Hall–Kier alpha value is -1.55. The average molecular weight is 263 g/mol. The van der Waals surface area contributed by atoms with Crippen LogP contribution in [0, 0.1) is 0 Å². The maximum absolute atomic E-state index is 11.3. The second-order valence-corrected chi connectivity index (χ2v) is 4.83. The van der Waals surface area contributed by atoms with Gasteiger partial charge >= 0.3 is 5.97 Å². The lowest BCUT2D eigenvalue weighted by molar-refractivity contribution is 0.0600. The molecule has 0 amide bonds. The Bertz CT molecular complexity index is 448. The molecule has 1 aromatic heterocycles. The van der Waals surface area contributed by atoms with Gasteiger partial charge in [-0.3, -0.25) is 0 Å². The summed E-state index contributed by atoms with van der Waals surface area (Å²) in [6, 6.07) is 1.72. The molecule has 4 heteroatoms. The molecule has 1 heterocycles. The SMILES string of the molecule is COC(=O)c1coc(CNCCC2=CCCCC2)c1. The third kappa shape index (κ3) is 4.24. The molecule has 0 aliphatic heterocycles. The summed E-state index contributed by atoms with van der Waals surface area (Å²) in [7, 11) is 1.37. The molecule has 0 spiro atoms. The van der Waals surface area contributed by atoms with E-state index in [-0.39, 0.29) is 5.97 Å². The molecule has 19 heavy (non-hydrogen) atoms. The standard InChI is InChI=1S/C15H21NO3/c1-18-15(17)13-9-14(19-11-13)10-16-8-7-12-5-3-2-4-6-12/h5,9,11,16H,2-4,6-8,10H2,1H3. The van der Waals surface area contributed by atoms with Gasteiger partial charge in [0, 0.05) is 0 Å². The van der Waals surface area contributed by atoms with Gasteiger partial charge in [0.2, 0.25) is 0 Å². The van der Waals surface area contributed by atoms with Crippen molar-refractivity contribution in [3.63, 3.8) is 0 Å². The van der Waals surface area contributed by atoms with Crippen LogP contribution in [0.5, 0.6) is 0 Å². The maximum atomic E-state index is 11.3. The minimum absolute atomic E-state index is 0.359. The number of methoxy groups -OCH3 is 1. The van der Waals surface area contributed by atoms with E-state index in [0.717, 1.165) is 18.7 Å². The summed E-state index contributed by atoms with van der Waals surface area (Å²) < 4.78 is 9.93. The van der Waals surface area contributed by atoms with Gasteiger partial charge in [-0.15, -0.1) is 0 Å². The molecule has 0 aromatic carbocycles. The molecule has 0 fully saturated rings. The van der Waals surface area contributed by atoms with Gasteiger partial charge < -0.3 is 14.5 Å². The fourth-order valence-electron chi connectivity index (χ4n) is 2.29. The fraction of sp³-hybridized carbons (Fsp3) is 0.533. The molecule has 1 aromatic rings. The Morgan fingerprint density at radius 1 is 1.47 bits per heavy atom. The molecule has 0 saturated heterocycles. The van der Waals surface area contributed by atoms with Crippen molar-refractivity contribution >= 4 is 5.97 Å². The second kappa shape index (κ2) is 7.14. The molecule has 1 aliphatic carbocycles. The van der Waals surface area contributed by atoms with Gasteiger partial charge in [-0.05, 0) is 44.7 Å². The Balaban J connectivity index is 1.69. The lowest BCUT2D eigenvalue weighted by Crippen LogP contribution is -2.15. The van der Waals surface area contributed by atoms with Gasteiger partial charge in [-0.1, -0.05) is 11.6 Å².